The molecule has 0 aliphatic carbocycles. The van der Waals surface area contributed by atoms with Gasteiger partial charge in [-0.15, -0.1) is 11.3 Å². The first kappa shape index (κ1) is 14.3. The fourth-order valence-corrected chi connectivity index (χ4v) is 2.80. The first-order valence-corrected chi connectivity index (χ1v) is 7.04. The monoisotopic (exact) mass is 314 g/mol. The summed E-state index contributed by atoms with van der Waals surface area (Å²) in [6, 6.07) is 4.70. The summed E-state index contributed by atoms with van der Waals surface area (Å²) < 4.78 is 13.5. The smallest absolute Gasteiger partial charge is 0.187 e. The maximum Gasteiger partial charge on any atom is 0.187 e. The fraction of sp³-hybridized carbons (Fsp3) is 0.0714. The maximum atomic E-state index is 13.5. The Morgan fingerprint density at radius 3 is 2.68 bits per heavy atom. The summed E-state index contributed by atoms with van der Waals surface area (Å²) in [6.45, 7) is 1.95. The van der Waals surface area contributed by atoms with Gasteiger partial charge in [0, 0.05) is 10.4 Å². The van der Waals surface area contributed by atoms with Crippen LogP contribution in [0.2, 0.25) is 10.0 Å². The Kier molecular flexibility index (Phi) is 4.40. The largest absolute Gasteiger partial charge is 0.289 e. The number of rotatable bonds is 3. The van der Waals surface area contributed by atoms with E-state index < -0.39 is 5.82 Å². The summed E-state index contributed by atoms with van der Waals surface area (Å²) >= 11 is 12.9. The third kappa shape index (κ3) is 3.06. The van der Waals surface area contributed by atoms with E-state index in [1.807, 2.05) is 18.4 Å². The normalized spacial score (nSPS) is 11.2. The molecule has 5 heteroatoms. The highest BCUT2D eigenvalue weighted by molar-refractivity contribution is 7.11. The number of hydrogen-bond donors (Lipinski definition) is 0. The molecular weight excluding hydrogens is 306 g/mol. The zero-order valence-electron chi connectivity index (χ0n) is 9.91. The van der Waals surface area contributed by atoms with Gasteiger partial charge < -0.3 is 0 Å². The zero-order valence-corrected chi connectivity index (χ0v) is 12.2. The lowest BCUT2D eigenvalue weighted by Gasteiger charge is -2.02. The summed E-state index contributed by atoms with van der Waals surface area (Å²) in [5.74, 6) is -1.12. The molecule has 0 amide bonds. The number of aryl methyl sites for hydroxylation is 1. The van der Waals surface area contributed by atoms with E-state index in [0.29, 0.717) is 0 Å². The predicted molar refractivity (Wildman–Crippen MR) is 78.8 cm³/mol. The van der Waals surface area contributed by atoms with Crippen molar-refractivity contribution >= 4 is 46.4 Å². The van der Waals surface area contributed by atoms with Crippen molar-refractivity contribution in [1.82, 2.24) is 0 Å². The molecular formula is C14H9Cl2FOS. The molecule has 0 N–H and O–H groups in total. The van der Waals surface area contributed by atoms with Crippen molar-refractivity contribution < 1.29 is 9.18 Å². The topological polar surface area (TPSA) is 17.1 Å². The average molecular weight is 315 g/mol. The Hall–Kier alpha value is -1.16. The molecule has 0 radical (unpaired) electrons. The summed E-state index contributed by atoms with van der Waals surface area (Å²) in [5, 5.41) is 1.60. The van der Waals surface area contributed by atoms with E-state index in [1.165, 1.54) is 29.5 Å². The maximum absolute atomic E-state index is 13.5. The van der Waals surface area contributed by atoms with Gasteiger partial charge >= 0.3 is 0 Å². The number of carbonyl (C=O) groups is 1. The number of allylic oxidation sites excluding steroid dienone is 1. The summed E-state index contributed by atoms with van der Waals surface area (Å²) in [5.41, 5.74) is 1.19. The van der Waals surface area contributed by atoms with Gasteiger partial charge in [-0.25, -0.2) is 4.39 Å². The van der Waals surface area contributed by atoms with E-state index in [0.717, 1.165) is 10.4 Å². The van der Waals surface area contributed by atoms with Crippen LogP contribution >= 0.6 is 34.5 Å². The molecule has 1 nitrogen and oxygen atoms in total. The molecule has 98 valence electrons. The summed E-state index contributed by atoms with van der Waals surface area (Å²) in [6.07, 6.45) is 3.08. The number of hydrogen-bond acceptors (Lipinski definition) is 2. The molecule has 0 fully saturated rings. The Labute approximate surface area is 124 Å². The Morgan fingerprint density at radius 2 is 2.05 bits per heavy atom. The fourth-order valence-electron chi connectivity index (χ4n) is 1.51. The van der Waals surface area contributed by atoms with Crippen LogP contribution in [0.4, 0.5) is 4.39 Å². The zero-order chi connectivity index (χ0) is 14.0. The Balaban J connectivity index is 2.29. The van der Waals surface area contributed by atoms with E-state index >= 15 is 0 Å². The Bertz CT molecular complexity index is 661. The van der Waals surface area contributed by atoms with Crippen molar-refractivity contribution in [3.8, 4) is 0 Å². The van der Waals surface area contributed by atoms with Gasteiger partial charge in [-0.2, -0.15) is 0 Å². The molecule has 2 aromatic rings. The molecule has 0 atom stereocenters. The number of benzene rings is 1. The minimum atomic E-state index is -0.769. The van der Waals surface area contributed by atoms with Gasteiger partial charge in [0.05, 0.1) is 10.0 Å². The van der Waals surface area contributed by atoms with Gasteiger partial charge in [-0.3, -0.25) is 4.79 Å². The number of ketones is 1. The van der Waals surface area contributed by atoms with Crippen molar-refractivity contribution in [3.63, 3.8) is 0 Å². The molecule has 1 heterocycles. The first-order valence-electron chi connectivity index (χ1n) is 5.40. The van der Waals surface area contributed by atoms with Crippen LogP contribution in [0, 0.1) is 12.7 Å². The van der Waals surface area contributed by atoms with Crippen molar-refractivity contribution in [2.24, 2.45) is 0 Å². The van der Waals surface area contributed by atoms with Gasteiger partial charge in [0.2, 0.25) is 0 Å². The molecule has 0 bridgehead atoms. The predicted octanol–water partition coefficient (Wildman–Crippen LogP) is 5.40. The molecule has 0 saturated carbocycles. The van der Waals surface area contributed by atoms with Crippen LogP contribution < -0.4 is 0 Å². The molecule has 0 aliphatic heterocycles. The van der Waals surface area contributed by atoms with Gasteiger partial charge in [-0.05, 0) is 48.2 Å². The lowest BCUT2D eigenvalue weighted by atomic mass is 10.1. The number of thiophene rings is 1. The lowest BCUT2D eigenvalue weighted by molar-refractivity contribution is 0.104. The molecule has 0 saturated heterocycles. The number of carbonyl (C=O) groups excluding carboxylic acids is 1. The van der Waals surface area contributed by atoms with E-state index in [2.05, 4.69) is 0 Å². The van der Waals surface area contributed by atoms with E-state index in [4.69, 9.17) is 23.2 Å². The second kappa shape index (κ2) is 5.87. The summed E-state index contributed by atoms with van der Waals surface area (Å²) in [7, 11) is 0. The number of halogens is 3. The highest BCUT2D eigenvalue weighted by Crippen LogP contribution is 2.27. The minimum absolute atomic E-state index is 0.0976. The third-order valence-electron chi connectivity index (χ3n) is 2.59. The van der Waals surface area contributed by atoms with Crippen LogP contribution in [-0.2, 0) is 0 Å². The van der Waals surface area contributed by atoms with Gasteiger partial charge in [0.25, 0.3) is 0 Å². The molecule has 2 rings (SSSR count). The SMILES string of the molecule is Cc1ccsc1/C=C/C(=O)c1ccc(Cl)c(F)c1Cl. The van der Waals surface area contributed by atoms with Crippen molar-refractivity contribution in [2.75, 3.05) is 0 Å². The molecule has 0 spiro atoms. The standard InChI is InChI=1S/C14H9Cl2FOS/c1-8-6-7-19-12(8)5-4-11(18)9-2-3-10(15)14(17)13(9)16/h2-7H,1H3/b5-4+. The molecule has 1 aromatic heterocycles. The van der Waals surface area contributed by atoms with Crippen molar-refractivity contribution in [2.45, 2.75) is 6.92 Å². The van der Waals surface area contributed by atoms with Crippen LogP contribution in [0.25, 0.3) is 6.08 Å². The first-order chi connectivity index (χ1) is 9.00. The van der Waals surface area contributed by atoms with Crippen LogP contribution in [0.1, 0.15) is 20.8 Å². The van der Waals surface area contributed by atoms with Gasteiger partial charge in [-0.1, -0.05) is 23.2 Å². The van der Waals surface area contributed by atoms with Crippen molar-refractivity contribution in [3.05, 3.63) is 61.5 Å². The van der Waals surface area contributed by atoms with Gasteiger partial charge in [0.1, 0.15) is 0 Å². The second-order valence-corrected chi connectivity index (χ2v) is 5.62. The molecule has 19 heavy (non-hydrogen) atoms. The summed E-state index contributed by atoms with van der Waals surface area (Å²) in [4.78, 5) is 12.9. The van der Waals surface area contributed by atoms with Crippen molar-refractivity contribution in [1.29, 1.82) is 0 Å². The lowest BCUT2D eigenvalue weighted by Crippen LogP contribution is -1.97. The van der Waals surface area contributed by atoms with Crippen LogP contribution in [-0.4, -0.2) is 5.78 Å². The van der Waals surface area contributed by atoms with E-state index in [1.54, 1.807) is 6.08 Å². The van der Waals surface area contributed by atoms with Crippen LogP contribution in [0.15, 0.2) is 29.7 Å². The Morgan fingerprint density at radius 1 is 1.32 bits per heavy atom. The third-order valence-corrected chi connectivity index (χ3v) is 4.23. The highest BCUT2D eigenvalue weighted by Gasteiger charge is 2.14. The van der Waals surface area contributed by atoms with E-state index in [-0.39, 0.29) is 21.4 Å². The second-order valence-electron chi connectivity index (χ2n) is 3.89. The minimum Gasteiger partial charge on any atom is -0.289 e. The van der Waals surface area contributed by atoms with Crippen LogP contribution in [0.5, 0.6) is 0 Å². The van der Waals surface area contributed by atoms with Crippen LogP contribution in [0.3, 0.4) is 0 Å². The highest BCUT2D eigenvalue weighted by atomic mass is 35.5. The molecule has 0 unspecified atom stereocenters. The molecule has 0 aliphatic rings. The van der Waals surface area contributed by atoms with E-state index in [9.17, 15) is 9.18 Å². The van der Waals surface area contributed by atoms with Gasteiger partial charge in [0.15, 0.2) is 11.6 Å². The quantitative estimate of drug-likeness (QED) is 0.421. The molecule has 1 aromatic carbocycles. The average Bonchev–Trinajstić information content (AvgIpc) is 2.79.